The molecule has 0 unspecified atom stereocenters. The number of pyridine rings is 1. The molecule has 0 saturated carbocycles. The summed E-state index contributed by atoms with van der Waals surface area (Å²) in [5.74, 6) is -0.414. The van der Waals surface area contributed by atoms with Crippen molar-refractivity contribution < 1.29 is 14.9 Å². The number of fused-ring (bicyclic) bond motifs is 1. The number of nitrogen functional groups attached to an aromatic ring is 1. The van der Waals surface area contributed by atoms with Crippen molar-refractivity contribution in [1.29, 1.82) is 5.26 Å². The van der Waals surface area contributed by atoms with Gasteiger partial charge < -0.3 is 15.9 Å². The van der Waals surface area contributed by atoms with Crippen LogP contribution in [0.2, 0.25) is 0 Å². The minimum absolute atomic E-state index is 0.0948. The third-order valence-corrected chi connectivity index (χ3v) is 4.74. The van der Waals surface area contributed by atoms with Crippen LogP contribution in [-0.4, -0.2) is 20.3 Å². The molecule has 0 atom stereocenters. The van der Waals surface area contributed by atoms with Gasteiger partial charge in [0, 0.05) is 5.56 Å². The first-order valence-corrected chi connectivity index (χ1v) is 8.64. The Kier molecular flexibility index (Phi) is 3.90. The summed E-state index contributed by atoms with van der Waals surface area (Å²) in [6.45, 7) is 3.90. The van der Waals surface area contributed by atoms with Crippen LogP contribution in [0, 0.1) is 25.2 Å². The van der Waals surface area contributed by atoms with Gasteiger partial charge >= 0.3 is 5.65 Å². The van der Waals surface area contributed by atoms with E-state index < -0.39 is 0 Å². The molecule has 2 aromatic heterocycles. The van der Waals surface area contributed by atoms with Crippen LogP contribution in [0.1, 0.15) is 16.8 Å². The summed E-state index contributed by atoms with van der Waals surface area (Å²) in [5, 5.41) is 33.3. The lowest BCUT2D eigenvalue weighted by Gasteiger charge is -2.07. The predicted molar refractivity (Wildman–Crippen MR) is 105 cm³/mol. The highest BCUT2D eigenvalue weighted by atomic mass is 16.3. The van der Waals surface area contributed by atoms with Crippen LogP contribution in [-0.2, 0) is 0 Å². The van der Waals surface area contributed by atoms with Gasteiger partial charge in [-0.05, 0) is 48.7 Å². The lowest BCUT2D eigenvalue weighted by Crippen LogP contribution is -2.33. The van der Waals surface area contributed by atoms with Crippen LogP contribution in [0.4, 0.5) is 5.82 Å². The average Bonchev–Trinajstić information content (AvgIpc) is 2.99. The SMILES string of the molecule is Cc1ccc(-[n+]2[nH]c(C)c3c(-c4ccc(O)c(O)c4)c(C#N)c(N)nc32)cc1. The molecule has 5 N–H and O–H groups in total. The number of benzene rings is 2. The molecule has 7 nitrogen and oxygen atoms in total. The number of aromatic amines is 1. The summed E-state index contributed by atoms with van der Waals surface area (Å²) in [6.07, 6.45) is 0. The van der Waals surface area contributed by atoms with Crippen LogP contribution >= 0.6 is 0 Å². The fourth-order valence-electron chi connectivity index (χ4n) is 3.35. The minimum atomic E-state index is -0.274. The van der Waals surface area contributed by atoms with E-state index in [0.29, 0.717) is 16.8 Å². The van der Waals surface area contributed by atoms with Gasteiger partial charge in [-0.3, -0.25) is 0 Å². The lowest BCUT2D eigenvalue weighted by molar-refractivity contribution is -0.632. The topological polar surface area (TPSA) is 123 Å². The van der Waals surface area contributed by atoms with Gasteiger partial charge in [-0.25, -0.2) is 5.10 Å². The first-order valence-electron chi connectivity index (χ1n) is 8.64. The lowest BCUT2D eigenvalue weighted by atomic mass is 9.96. The van der Waals surface area contributed by atoms with Gasteiger partial charge in [0.25, 0.3) is 5.82 Å². The number of nitrogens with one attached hydrogen (secondary N) is 1. The molecule has 0 aliphatic heterocycles. The molecule has 138 valence electrons. The zero-order chi connectivity index (χ0) is 20.0. The van der Waals surface area contributed by atoms with Gasteiger partial charge in [0.2, 0.25) is 0 Å². The number of rotatable bonds is 2. The number of aromatic hydroxyl groups is 2. The van der Waals surface area contributed by atoms with E-state index in [1.165, 1.54) is 12.1 Å². The molecular weight excluding hydrogens is 354 g/mol. The number of nitrogens with two attached hydrogens (primary N) is 1. The number of phenolic OH excluding ortho intramolecular Hbond substituents is 2. The Morgan fingerprint density at radius 3 is 2.43 bits per heavy atom. The number of H-pyrrole nitrogens is 1. The van der Waals surface area contributed by atoms with Crippen molar-refractivity contribution in [3.8, 4) is 34.4 Å². The van der Waals surface area contributed by atoms with Crippen molar-refractivity contribution in [2.45, 2.75) is 13.8 Å². The maximum atomic E-state index is 9.95. The molecule has 4 rings (SSSR count). The Hall–Kier alpha value is -4.05. The average molecular weight is 372 g/mol. The fraction of sp³-hybridized carbons (Fsp3) is 0.0952. The van der Waals surface area contributed by atoms with Gasteiger partial charge in [0.15, 0.2) is 17.2 Å². The first kappa shape index (κ1) is 17.4. The molecule has 28 heavy (non-hydrogen) atoms. The van der Waals surface area contributed by atoms with Crippen LogP contribution in [0.5, 0.6) is 11.5 Å². The molecule has 0 spiro atoms. The van der Waals surface area contributed by atoms with Crippen LogP contribution in [0.15, 0.2) is 42.5 Å². The third kappa shape index (κ3) is 2.59. The molecule has 0 radical (unpaired) electrons. The van der Waals surface area contributed by atoms with E-state index in [1.54, 1.807) is 6.07 Å². The van der Waals surface area contributed by atoms with Gasteiger partial charge in [0.1, 0.15) is 17.0 Å². The second-order valence-corrected chi connectivity index (χ2v) is 6.67. The number of aryl methyl sites for hydroxylation is 2. The third-order valence-electron chi connectivity index (χ3n) is 4.74. The highest BCUT2D eigenvalue weighted by Gasteiger charge is 2.28. The molecule has 4 aromatic rings. The number of nitriles is 1. The first-order chi connectivity index (χ1) is 13.4. The number of phenols is 2. The van der Waals surface area contributed by atoms with E-state index in [9.17, 15) is 15.5 Å². The predicted octanol–water partition coefficient (Wildman–Crippen LogP) is 2.99. The van der Waals surface area contributed by atoms with Crippen molar-refractivity contribution in [3.63, 3.8) is 0 Å². The van der Waals surface area contributed by atoms with Gasteiger partial charge in [-0.15, -0.1) is 4.68 Å². The second-order valence-electron chi connectivity index (χ2n) is 6.67. The van der Waals surface area contributed by atoms with Crippen molar-refractivity contribution in [2.24, 2.45) is 0 Å². The zero-order valence-corrected chi connectivity index (χ0v) is 15.4. The van der Waals surface area contributed by atoms with Crippen molar-refractivity contribution in [2.75, 3.05) is 5.73 Å². The molecule has 0 fully saturated rings. The van der Waals surface area contributed by atoms with E-state index >= 15 is 0 Å². The number of anilines is 1. The van der Waals surface area contributed by atoms with E-state index in [0.717, 1.165) is 22.3 Å². The molecule has 0 amide bonds. The summed E-state index contributed by atoms with van der Waals surface area (Å²) >= 11 is 0. The standard InChI is InChI=1S/C21H17N5O2/c1-11-3-6-14(7-4-11)26-21-18(12(2)25-26)19(15(10-22)20(23)24-21)13-5-8-16(27)17(28)9-13/h3-9H,1-2H3,(H4,23,24,25,27,28)/p+1. The molecule has 0 bridgehead atoms. The van der Waals surface area contributed by atoms with Gasteiger partial charge in [-0.1, -0.05) is 23.8 Å². The Morgan fingerprint density at radius 2 is 1.79 bits per heavy atom. The molecule has 2 aromatic carbocycles. The van der Waals surface area contributed by atoms with Crippen LogP contribution < -0.4 is 10.4 Å². The van der Waals surface area contributed by atoms with E-state index in [1.807, 2.05) is 42.8 Å². The molecule has 2 heterocycles. The molecular formula is C21H18N5O2+. The van der Waals surface area contributed by atoms with E-state index in [-0.39, 0.29) is 22.9 Å². The maximum absolute atomic E-state index is 9.95. The van der Waals surface area contributed by atoms with Gasteiger partial charge in [-0.2, -0.15) is 5.26 Å². The van der Waals surface area contributed by atoms with Gasteiger partial charge in [0.05, 0.1) is 5.69 Å². The summed E-state index contributed by atoms with van der Waals surface area (Å²) in [7, 11) is 0. The number of hydrogen-bond donors (Lipinski definition) is 4. The number of nitrogens with zero attached hydrogens (tertiary/aromatic N) is 3. The fourth-order valence-corrected chi connectivity index (χ4v) is 3.35. The Balaban J connectivity index is 2.10. The van der Waals surface area contributed by atoms with Crippen molar-refractivity contribution >= 4 is 16.9 Å². The van der Waals surface area contributed by atoms with E-state index in [4.69, 9.17) is 5.73 Å². The monoisotopic (exact) mass is 372 g/mol. The number of aromatic nitrogens is 3. The van der Waals surface area contributed by atoms with Crippen molar-refractivity contribution in [3.05, 3.63) is 59.3 Å². The maximum Gasteiger partial charge on any atom is 0.359 e. The highest BCUT2D eigenvalue weighted by molar-refractivity contribution is 5.99. The summed E-state index contributed by atoms with van der Waals surface area (Å²) in [4.78, 5) is 4.47. The van der Waals surface area contributed by atoms with E-state index in [2.05, 4.69) is 16.2 Å². The quantitative estimate of drug-likeness (QED) is 0.318. The Morgan fingerprint density at radius 1 is 1.07 bits per heavy atom. The Labute approximate surface area is 160 Å². The largest absolute Gasteiger partial charge is 0.504 e. The zero-order valence-electron chi connectivity index (χ0n) is 15.4. The summed E-state index contributed by atoms with van der Waals surface area (Å²) < 4.78 is 1.81. The second kappa shape index (κ2) is 6.28. The Bertz CT molecular complexity index is 1270. The minimum Gasteiger partial charge on any atom is -0.504 e. The highest BCUT2D eigenvalue weighted by Crippen LogP contribution is 2.38. The molecule has 0 saturated heterocycles. The van der Waals surface area contributed by atoms with Crippen molar-refractivity contribution in [1.82, 2.24) is 10.1 Å². The smallest absolute Gasteiger partial charge is 0.359 e. The molecule has 0 aliphatic rings. The molecule has 0 aliphatic carbocycles. The molecule has 7 heteroatoms. The van der Waals surface area contributed by atoms with Crippen LogP contribution in [0.3, 0.4) is 0 Å². The normalized spacial score (nSPS) is 10.9. The summed E-state index contributed by atoms with van der Waals surface area (Å²) in [5.41, 5.74) is 10.8. The summed E-state index contributed by atoms with van der Waals surface area (Å²) in [6, 6.07) is 14.5. The number of hydrogen-bond acceptors (Lipinski definition) is 5. The van der Waals surface area contributed by atoms with Crippen LogP contribution in [0.25, 0.3) is 27.8 Å².